The van der Waals surface area contributed by atoms with E-state index < -0.39 is 12.1 Å². The number of anilines is 1. The molecule has 0 aromatic heterocycles. The summed E-state index contributed by atoms with van der Waals surface area (Å²) in [6.45, 7) is 6.87. The molecular weight excluding hydrogens is 400 g/mol. The molecule has 0 bridgehead atoms. The number of β-amino-alcohol motifs (C(OH)–C–C–N with tert-alkyl or cyclic N) is 1. The van der Waals surface area contributed by atoms with Gasteiger partial charge in [0.1, 0.15) is 29.8 Å². The number of rotatable bonds is 6. The lowest BCUT2D eigenvalue weighted by atomic mass is 10.0. The second kappa shape index (κ2) is 10.8. The molecule has 8 nitrogen and oxygen atoms in total. The Labute approximate surface area is 181 Å². The third-order valence-electron chi connectivity index (χ3n) is 4.44. The molecule has 0 radical (unpaired) electrons. The lowest BCUT2D eigenvalue weighted by Crippen LogP contribution is -2.42. The molecule has 8 heteroatoms. The Bertz CT molecular complexity index is 907. The molecule has 1 atom stereocenters. The highest BCUT2D eigenvalue weighted by Crippen LogP contribution is 2.31. The molecule has 1 amide bonds. The minimum absolute atomic E-state index is 0.0306. The number of hydrogen-bond donors (Lipinski definition) is 5. The Morgan fingerprint density at radius 2 is 1.87 bits per heavy atom. The summed E-state index contributed by atoms with van der Waals surface area (Å²) in [6, 6.07) is 11.4. The highest BCUT2D eigenvalue weighted by molar-refractivity contribution is 5.94. The van der Waals surface area contributed by atoms with Gasteiger partial charge in [-0.1, -0.05) is 18.2 Å². The predicted molar refractivity (Wildman–Crippen MR) is 118 cm³/mol. The van der Waals surface area contributed by atoms with E-state index in [1.807, 2.05) is 18.2 Å². The number of aliphatic hydroxyl groups is 1. The van der Waals surface area contributed by atoms with Crippen molar-refractivity contribution in [2.45, 2.75) is 45.3 Å². The standard InChI is InChI=1S/C16H24N2O3.C7H6O3/c1-16(2,3)17-9-11(19)10-21-14-6-4-5-13-12(14)7-8-15(20)18-13;8-6-4-2-1-3-5(6)7(9)10/h4-6,11,17,19H,7-10H2,1-3H3,(H,18,20);1-4,8H,(H,9,10). The fourth-order valence-corrected chi connectivity index (χ4v) is 2.85. The molecule has 2 aromatic carbocycles. The van der Waals surface area contributed by atoms with Gasteiger partial charge in [0.15, 0.2) is 0 Å². The van der Waals surface area contributed by atoms with Crippen molar-refractivity contribution < 1.29 is 29.6 Å². The third-order valence-corrected chi connectivity index (χ3v) is 4.44. The summed E-state index contributed by atoms with van der Waals surface area (Å²) in [5.41, 5.74) is 1.72. The van der Waals surface area contributed by atoms with Crippen LogP contribution in [0.1, 0.15) is 43.1 Å². The second-order valence-corrected chi connectivity index (χ2v) is 8.25. The summed E-state index contributed by atoms with van der Waals surface area (Å²) in [5, 5.41) is 33.3. The smallest absolute Gasteiger partial charge is 0.339 e. The van der Waals surface area contributed by atoms with Gasteiger partial charge in [-0.3, -0.25) is 4.79 Å². The Morgan fingerprint density at radius 1 is 1.16 bits per heavy atom. The molecule has 3 rings (SSSR count). The van der Waals surface area contributed by atoms with Crippen molar-refractivity contribution in [2.75, 3.05) is 18.5 Å². The Balaban J connectivity index is 0.000000285. The zero-order valence-corrected chi connectivity index (χ0v) is 18.0. The van der Waals surface area contributed by atoms with Gasteiger partial charge in [0.05, 0.1) is 0 Å². The molecule has 0 fully saturated rings. The summed E-state index contributed by atoms with van der Waals surface area (Å²) in [7, 11) is 0. The van der Waals surface area contributed by atoms with Gasteiger partial charge in [-0.05, 0) is 51.5 Å². The minimum Gasteiger partial charge on any atom is -0.507 e. The van der Waals surface area contributed by atoms with Gasteiger partial charge in [-0.15, -0.1) is 0 Å². The van der Waals surface area contributed by atoms with Crippen LogP contribution in [0.25, 0.3) is 0 Å². The van der Waals surface area contributed by atoms with Crippen molar-refractivity contribution in [3.63, 3.8) is 0 Å². The maximum Gasteiger partial charge on any atom is 0.339 e. The number of benzene rings is 2. The first-order chi connectivity index (χ1) is 14.6. The van der Waals surface area contributed by atoms with E-state index in [2.05, 4.69) is 31.4 Å². The number of nitrogens with one attached hydrogen (secondary N) is 2. The molecule has 5 N–H and O–H groups in total. The van der Waals surface area contributed by atoms with Crippen LogP contribution in [0.2, 0.25) is 0 Å². The average Bonchev–Trinajstić information content (AvgIpc) is 2.70. The highest BCUT2D eigenvalue weighted by atomic mass is 16.5. The first-order valence-electron chi connectivity index (χ1n) is 10.1. The number of carboxylic acid groups (broad SMARTS) is 1. The number of amides is 1. The average molecular weight is 431 g/mol. The van der Waals surface area contributed by atoms with Crippen molar-refractivity contribution in [1.82, 2.24) is 5.32 Å². The lowest BCUT2D eigenvalue weighted by Gasteiger charge is -2.24. The van der Waals surface area contributed by atoms with Crippen LogP contribution in [0.4, 0.5) is 5.69 Å². The molecular formula is C23H30N2O6. The normalized spacial score (nSPS) is 13.9. The Hall–Kier alpha value is -3.10. The van der Waals surface area contributed by atoms with Crippen molar-refractivity contribution in [3.05, 3.63) is 53.6 Å². The SMILES string of the molecule is CC(C)(C)NCC(O)COc1cccc2c1CCC(=O)N2.O=C(O)c1ccccc1O. The summed E-state index contributed by atoms with van der Waals surface area (Å²) in [6.07, 6.45) is 0.577. The van der Waals surface area contributed by atoms with Gasteiger partial charge in [0.25, 0.3) is 0 Å². The highest BCUT2D eigenvalue weighted by Gasteiger charge is 2.19. The number of fused-ring (bicyclic) bond motifs is 1. The van der Waals surface area contributed by atoms with Crippen LogP contribution in [0.15, 0.2) is 42.5 Å². The van der Waals surface area contributed by atoms with Crippen molar-refractivity contribution in [2.24, 2.45) is 0 Å². The number of aromatic hydroxyl groups is 1. The van der Waals surface area contributed by atoms with Gasteiger partial charge in [-0.2, -0.15) is 0 Å². The van der Waals surface area contributed by atoms with Crippen LogP contribution in [0, 0.1) is 0 Å². The zero-order chi connectivity index (χ0) is 23.0. The van der Waals surface area contributed by atoms with E-state index in [0.717, 1.165) is 17.0 Å². The van der Waals surface area contributed by atoms with E-state index in [9.17, 15) is 14.7 Å². The topological polar surface area (TPSA) is 128 Å². The number of hydrogen-bond acceptors (Lipinski definition) is 6. The van der Waals surface area contributed by atoms with Gasteiger partial charge in [0.2, 0.25) is 5.91 Å². The van der Waals surface area contributed by atoms with Crippen LogP contribution in [0.3, 0.4) is 0 Å². The zero-order valence-electron chi connectivity index (χ0n) is 18.0. The van der Waals surface area contributed by atoms with E-state index in [1.54, 1.807) is 12.1 Å². The molecule has 0 saturated carbocycles. The van der Waals surface area contributed by atoms with E-state index in [0.29, 0.717) is 19.4 Å². The summed E-state index contributed by atoms with van der Waals surface area (Å²) < 4.78 is 5.73. The molecule has 1 aliphatic heterocycles. The minimum atomic E-state index is -1.11. The first-order valence-corrected chi connectivity index (χ1v) is 10.1. The van der Waals surface area contributed by atoms with Crippen LogP contribution in [0.5, 0.6) is 11.5 Å². The molecule has 1 aliphatic rings. The van der Waals surface area contributed by atoms with E-state index >= 15 is 0 Å². The van der Waals surface area contributed by atoms with Gasteiger partial charge >= 0.3 is 5.97 Å². The van der Waals surface area contributed by atoms with Crippen molar-refractivity contribution in [1.29, 1.82) is 0 Å². The molecule has 0 saturated heterocycles. The monoisotopic (exact) mass is 430 g/mol. The molecule has 31 heavy (non-hydrogen) atoms. The fourth-order valence-electron chi connectivity index (χ4n) is 2.85. The largest absolute Gasteiger partial charge is 0.507 e. The Morgan fingerprint density at radius 3 is 2.48 bits per heavy atom. The van der Waals surface area contributed by atoms with Gasteiger partial charge in [0, 0.05) is 29.8 Å². The lowest BCUT2D eigenvalue weighted by molar-refractivity contribution is -0.116. The maximum absolute atomic E-state index is 11.4. The van der Waals surface area contributed by atoms with Crippen LogP contribution in [-0.2, 0) is 11.2 Å². The number of carboxylic acids is 1. The number of ether oxygens (including phenoxy) is 1. The number of para-hydroxylation sites is 1. The molecule has 1 unspecified atom stereocenters. The van der Waals surface area contributed by atoms with Gasteiger partial charge in [-0.25, -0.2) is 4.79 Å². The summed E-state index contributed by atoms with van der Waals surface area (Å²) in [4.78, 5) is 21.6. The summed E-state index contributed by atoms with van der Waals surface area (Å²) >= 11 is 0. The Kier molecular flexibility index (Phi) is 8.41. The van der Waals surface area contributed by atoms with Crippen LogP contribution >= 0.6 is 0 Å². The molecule has 168 valence electrons. The number of carbonyl (C=O) groups is 2. The molecule has 0 aliphatic carbocycles. The van der Waals surface area contributed by atoms with Gasteiger partial charge < -0.3 is 30.7 Å². The molecule has 2 aromatic rings. The number of aliphatic hydroxyl groups excluding tert-OH is 1. The second-order valence-electron chi connectivity index (χ2n) is 8.25. The first kappa shape index (κ1) is 24.2. The van der Waals surface area contributed by atoms with Crippen LogP contribution in [-0.4, -0.2) is 52.0 Å². The maximum atomic E-state index is 11.4. The third kappa shape index (κ3) is 7.92. The quantitative estimate of drug-likeness (QED) is 0.477. The predicted octanol–water partition coefficient (Wildman–Crippen LogP) is 2.79. The number of phenols is 1. The van der Waals surface area contributed by atoms with E-state index in [-0.39, 0.29) is 29.4 Å². The van der Waals surface area contributed by atoms with Crippen LogP contribution < -0.4 is 15.4 Å². The number of aromatic carboxylic acids is 1. The van der Waals surface area contributed by atoms with E-state index in [4.69, 9.17) is 14.9 Å². The van der Waals surface area contributed by atoms with Crippen molar-refractivity contribution >= 4 is 17.6 Å². The fraction of sp³-hybridized carbons (Fsp3) is 0.391. The number of carbonyl (C=O) groups excluding carboxylic acids is 1. The van der Waals surface area contributed by atoms with E-state index in [1.165, 1.54) is 12.1 Å². The summed E-state index contributed by atoms with van der Waals surface area (Å²) in [5.74, 6) is -0.538. The van der Waals surface area contributed by atoms with Crippen molar-refractivity contribution in [3.8, 4) is 11.5 Å². The molecule has 0 spiro atoms. The molecule has 1 heterocycles.